The van der Waals surface area contributed by atoms with Gasteiger partial charge in [0.1, 0.15) is 0 Å². The maximum Gasteiger partial charge on any atom is 0.316 e. The Hall–Kier alpha value is -1.43. The standard InChI is InChI=1S/C7H12N4O2/c1-8-4-5-9-6(13-10-5)7(12)11(2)3/h8H,4H2,1-3H3. The van der Waals surface area contributed by atoms with Gasteiger partial charge in [0.2, 0.25) is 0 Å². The quantitative estimate of drug-likeness (QED) is 0.685. The van der Waals surface area contributed by atoms with Gasteiger partial charge >= 0.3 is 11.8 Å². The van der Waals surface area contributed by atoms with Crippen LogP contribution in [-0.4, -0.2) is 42.1 Å². The lowest BCUT2D eigenvalue weighted by molar-refractivity contribution is 0.0779. The van der Waals surface area contributed by atoms with Crippen molar-refractivity contribution in [2.45, 2.75) is 6.54 Å². The summed E-state index contributed by atoms with van der Waals surface area (Å²) < 4.78 is 4.75. The van der Waals surface area contributed by atoms with Gasteiger partial charge in [0.15, 0.2) is 5.82 Å². The van der Waals surface area contributed by atoms with E-state index in [-0.39, 0.29) is 11.8 Å². The normalized spacial score (nSPS) is 10.1. The van der Waals surface area contributed by atoms with Gasteiger partial charge in [-0.25, -0.2) is 0 Å². The number of amides is 1. The van der Waals surface area contributed by atoms with Crippen LogP contribution in [0.15, 0.2) is 4.52 Å². The molecule has 0 atom stereocenters. The largest absolute Gasteiger partial charge is 0.341 e. The zero-order chi connectivity index (χ0) is 9.84. The minimum atomic E-state index is -0.283. The van der Waals surface area contributed by atoms with Gasteiger partial charge in [0.25, 0.3) is 0 Å². The summed E-state index contributed by atoms with van der Waals surface area (Å²) in [5.41, 5.74) is 0. The molecule has 0 unspecified atom stereocenters. The second kappa shape index (κ2) is 3.99. The molecule has 6 heteroatoms. The molecule has 0 radical (unpaired) electrons. The van der Waals surface area contributed by atoms with Crippen molar-refractivity contribution >= 4 is 5.91 Å². The van der Waals surface area contributed by atoms with Crippen molar-refractivity contribution in [1.82, 2.24) is 20.4 Å². The number of carbonyl (C=O) groups is 1. The molecule has 0 spiro atoms. The zero-order valence-electron chi connectivity index (χ0n) is 7.87. The molecule has 1 N–H and O–H groups in total. The molecule has 1 aromatic heterocycles. The van der Waals surface area contributed by atoms with Crippen molar-refractivity contribution in [3.8, 4) is 0 Å². The molecule has 13 heavy (non-hydrogen) atoms. The van der Waals surface area contributed by atoms with Gasteiger partial charge in [-0.15, -0.1) is 0 Å². The molecule has 0 aliphatic heterocycles. The van der Waals surface area contributed by atoms with Crippen molar-refractivity contribution in [1.29, 1.82) is 0 Å². The van der Waals surface area contributed by atoms with Crippen LogP contribution in [0.25, 0.3) is 0 Å². The summed E-state index contributed by atoms with van der Waals surface area (Å²) >= 11 is 0. The van der Waals surface area contributed by atoms with Crippen LogP contribution in [0, 0.1) is 0 Å². The van der Waals surface area contributed by atoms with Crippen LogP contribution in [0.2, 0.25) is 0 Å². The number of hydrogen-bond donors (Lipinski definition) is 1. The van der Waals surface area contributed by atoms with E-state index in [2.05, 4.69) is 15.5 Å². The summed E-state index contributed by atoms with van der Waals surface area (Å²) in [7, 11) is 5.03. The van der Waals surface area contributed by atoms with Crippen LogP contribution >= 0.6 is 0 Å². The topological polar surface area (TPSA) is 71.3 Å². The molecule has 1 aromatic rings. The van der Waals surface area contributed by atoms with E-state index in [1.807, 2.05) is 0 Å². The van der Waals surface area contributed by atoms with Gasteiger partial charge in [0, 0.05) is 14.1 Å². The first-order chi connectivity index (χ1) is 6.15. The lowest BCUT2D eigenvalue weighted by Gasteiger charge is -2.04. The number of hydrogen-bond acceptors (Lipinski definition) is 5. The summed E-state index contributed by atoms with van der Waals surface area (Å²) in [5, 5.41) is 6.47. The Labute approximate surface area is 75.9 Å². The van der Waals surface area contributed by atoms with Crippen LogP contribution in [-0.2, 0) is 6.54 Å². The highest BCUT2D eigenvalue weighted by Crippen LogP contribution is 1.99. The van der Waals surface area contributed by atoms with E-state index in [0.717, 1.165) is 0 Å². The number of nitrogens with zero attached hydrogens (tertiary/aromatic N) is 3. The average molecular weight is 184 g/mol. The van der Waals surface area contributed by atoms with Gasteiger partial charge in [-0.2, -0.15) is 4.98 Å². The first kappa shape index (κ1) is 9.66. The summed E-state index contributed by atoms with van der Waals surface area (Å²) in [5.74, 6) is 0.220. The minimum Gasteiger partial charge on any atom is -0.341 e. The van der Waals surface area contributed by atoms with E-state index < -0.39 is 0 Å². The van der Waals surface area contributed by atoms with E-state index in [9.17, 15) is 4.79 Å². The monoisotopic (exact) mass is 184 g/mol. The van der Waals surface area contributed by atoms with E-state index >= 15 is 0 Å². The minimum absolute atomic E-state index is 0.0234. The highest BCUT2D eigenvalue weighted by molar-refractivity contribution is 5.89. The highest BCUT2D eigenvalue weighted by atomic mass is 16.5. The molecule has 0 aliphatic rings. The fourth-order valence-electron chi connectivity index (χ4n) is 0.762. The fraction of sp³-hybridized carbons (Fsp3) is 0.571. The SMILES string of the molecule is CNCc1noc(C(=O)N(C)C)n1. The Morgan fingerprint density at radius 1 is 1.62 bits per heavy atom. The van der Waals surface area contributed by atoms with Crippen molar-refractivity contribution in [3.63, 3.8) is 0 Å². The molecule has 0 aromatic carbocycles. The Kier molecular flexibility index (Phi) is 2.97. The molecule has 0 aliphatic carbocycles. The number of rotatable bonds is 3. The Morgan fingerprint density at radius 2 is 2.31 bits per heavy atom. The van der Waals surface area contributed by atoms with Crippen molar-refractivity contribution in [3.05, 3.63) is 11.7 Å². The molecule has 0 saturated carbocycles. The number of aromatic nitrogens is 2. The van der Waals surface area contributed by atoms with E-state index in [0.29, 0.717) is 12.4 Å². The van der Waals surface area contributed by atoms with E-state index in [1.165, 1.54) is 4.90 Å². The van der Waals surface area contributed by atoms with Crippen LogP contribution < -0.4 is 5.32 Å². The third-order valence-corrected chi connectivity index (χ3v) is 1.39. The zero-order valence-corrected chi connectivity index (χ0v) is 7.87. The first-order valence-electron chi connectivity index (χ1n) is 3.84. The van der Waals surface area contributed by atoms with Crippen molar-refractivity contribution in [2.75, 3.05) is 21.1 Å². The molecule has 72 valence electrons. The third-order valence-electron chi connectivity index (χ3n) is 1.39. The second-order valence-corrected chi connectivity index (χ2v) is 2.75. The summed E-state index contributed by atoms with van der Waals surface area (Å²) in [4.78, 5) is 16.5. The maximum absolute atomic E-state index is 11.3. The fourth-order valence-corrected chi connectivity index (χ4v) is 0.762. The van der Waals surface area contributed by atoms with Crippen LogP contribution in [0.4, 0.5) is 0 Å². The van der Waals surface area contributed by atoms with Gasteiger partial charge < -0.3 is 14.7 Å². The van der Waals surface area contributed by atoms with Crippen LogP contribution in [0.5, 0.6) is 0 Å². The molecule has 6 nitrogen and oxygen atoms in total. The van der Waals surface area contributed by atoms with Crippen LogP contribution in [0.3, 0.4) is 0 Å². The molecule has 1 rings (SSSR count). The van der Waals surface area contributed by atoms with Crippen molar-refractivity contribution in [2.24, 2.45) is 0 Å². The first-order valence-corrected chi connectivity index (χ1v) is 3.84. The van der Waals surface area contributed by atoms with Gasteiger partial charge in [0.05, 0.1) is 6.54 Å². The molecular formula is C7H12N4O2. The van der Waals surface area contributed by atoms with Gasteiger partial charge in [-0.1, -0.05) is 5.16 Å². The Balaban J connectivity index is 2.73. The van der Waals surface area contributed by atoms with Crippen LogP contribution in [0.1, 0.15) is 16.5 Å². The second-order valence-electron chi connectivity index (χ2n) is 2.75. The summed E-state index contributed by atoms with van der Waals surface area (Å²) in [6.07, 6.45) is 0. The summed E-state index contributed by atoms with van der Waals surface area (Å²) in [6.45, 7) is 0.490. The molecule has 0 fully saturated rings. The Morgan fingerprint density at radius 3 is 2.85 bits per heavy atom. The van der Waals surface area contributed by atoms with E-state index in [1.54, 1.807) is 21.1 Å². The van der Waals surface area contributed by atoms with Crippen molar-refractivity contribution < 1.29 is 9.32 Å². The predicted octanol–water partition coefficient (Wildman–Crippen LogP) is -0.509. The number of carbonyl (C=O) groups excluding carboxylic acids is 1. The summed E-state index contributed by atoms with van der Waals surface area (Å²) in [6, 6.07) is 0. The lowest BCUT2D eigenvalue weighted by Crippen LogP contribution is -2.22. The van der Waals surface area contributed by atoms with Gasteiger partial charge in [-0.3, -0.25) is 4.79 Å². The lowest BCUT2D eigenvalue weighted by atomic mass is 10.5. The smallest absolute Gasteiger partial charge is 0.316 e. The average Bonchev–Trinajstić information content (AvgIpc) is 2.52. The number of nitrogens with one attached hydrogen (secondary N) is 1. The predicted molar refractivity (Wildman–Crippen MR) is 45.1 cm³/mol. The molecule has 1 amide bonds. The Bertz CT molecular complexity index is 294. The maximum atomic E-state index is 11.3. The van der Waals surface area contributed by atoms with E-state index in [4.69, 9.17) is 4.52 Å². The molecule has 0 saturated heterocycles. The molecular weight excluding hydrogens is 172 g/mol. The highest BCUT2D eigenvalue weighted by Gasteiger charge is 2.15. The molecule has 1 heterocycles. The third kappa shape index (κ3) is 2.25. The van der Waals surface area contributed by atoms with Gasteiger partial charge in [-0.05, 0) is 7.05 Å². The molecule has 0 bridgehead atoms.